The van der Waals surface area contributed by atoms with Gasteiger partial charge in [0.1, 0.15) is 39.6 Å². The molecule has 0 aliphatic heterocycles. The summed E-state index contributed by atoms with van der Waals surface area (Å²) in [5.74, 6) is -2.32. The SMILES string of the molecule is C=CC(=O)OOCCOc1nc(OCCOOC(=O)C=C)nc(OCCOOC(=O)C=C)n1. The smallest absolute Gasteiger partial charge is 0.365 e. The van der Waals surface area contributed by atoms with Crippen molar-refractivity contribution >= 4 is 17.9 Å². The average Bonchev–Trinajstić information content (AvgIpc) is 2.82. The fourth-order valence-electron chi connectivity index (χ4n) is 1.42. The minimum absolute atomic E-state index is 0.117. The maximum atomic E-state index is 10.9. The molecule has 0 spiro atoms. The van der Waals surface area contributed by atoms with Crippen LogP contribution in [0.5, 0.6) is 18.0 Å². The minimum atomic E-state index is -0.775. The van der Waals surface area contributed by atoms with Gasteiger partial charge in [-0.3, -0.25) is 14.7 Å². The van der Waals surface area contributed by atoms with Crippen molar-refractivity contribution in [3.05, 3.63) is 38.0 Å². The molecule has 1 rings (SSSR count). The molecule has 180 valence electrons. The number of nitrogens with zero attached hydrogens (tertiary/aromatic N) is 3. The topological polar surface area (TPSA) is 173 Å². The van der Waals surface area contributed by atoms with Crippen LogP contribution in [-0.2, 0) is 43.7 Å². The Hall–Kier alpha value is -4.08. The lowest BCUT2D eigenvalue weighted by Gasteiger charge is -2.10. The van der Waals surface area contributed by atoms with E-state index in [-0.39, 0.29) is 57.7 Å². The molecule has 0 atom stereocenters. The number of ether oxygens (including phenoxy) is 3. The van der Waals surface area contributed by atoms with E-state index in [1.807, 2.05) is 0 Å². The van der Waals surface area contributed by atoms with Gasteiger partial charge in [0.2, 0.25) is 0 Å². The molecule has 15 nitrogen and oxygen atoms in total. The van der Waals surface area contributed by atoms with Gasteiger partial charge < -0.3 is 14.2 Å². The number of hydrogen-bond acceptors (Lipinski definition) is 15. The number of hydrogen-bond donors (Lipinski definition) is 0. The predicted octanol–water partition coefficient (Wildman–Crippen LogP) is -0.00960. The van der Waals surface area contributed by atoms with Gasteiger partial charge in [0.05, 0.1) is 0 Å². The molecule has 0 bridgehead atoms. The molecule has 1 aromatic heterocycles. The zero-order chi connectivity index (χ0) is 24.3. The average molecular weight is 471 g/mol. The van der Waals surface area contributed by atoms with Crippen molar-refractivity contribution in [2.75, 3.05) is 39.6 Å². The third-order valence-electron chi connectivity index (χ3n) is 2.69. The van der Waals surface area contributed by atoms with Crippen molar-refractivity contribution in [3.8, 4) is 18.0 Å². The third-order valence-corrected chi connectivity index (χ3v) is 2.69. The fourth-order valence-corrected chi connectivity index (χ4v) is 1.42. The van der Waals surface area contributed by atoms with E-state index in [1.54, 1.807) is 0 Å². The van der Waals surface area contributed by atoms with Crippen LogP contribution in [-0.4, -0.2) is 72.5 Å². The molecular formula is C18H21N3O12. The Morgan fingerprint density at radius 3 is 1.06 bits per heavy atom. The Bertz CT molecular complexity index is 700. The second-order valence-corrected chi connectivity index (χ2v) is 5.01. The maximum Gasteiger partial charge on any atom is 0.365 e. The van der Waals surface area contributed by atoms with Gasteiger partial charge >= 0.3 is 35.9 Å². The van der Waals surface area contributed by atoms with Crippen molar-refractivity contribution in [2.24, 2.45) is 0 Å². The van der Waals surface area contributed by atoms with Crippen molar-refractivity contribution in [1.29, 1.82) is 0 Å². The van der Waals surface area contributed by atoms with Crippen LogP contribution < -0.4 is 14.2 Å². The zero-order valence-electron chi connectivity index (χ0n) is 17.3. The standard InChI is InChI=1S/C18H21N3O12/c1-4-13(22)31-28-10-7-25-16-19-17(26-8-11-29-32-14(23)5-2)21-18(20-16)27-9-12-30-33-15(24)6-3/h4-6H,1-3,7-12H2. The molecule has 0 aliphatic rings. The first-order valence-electron chi connectivity index (χ1n) is 9.00. The highest BCUT2D eigenvalue weighted by molar-refractivity contribution is 5.81. The molecule has 0 saturated carbocycles. The monoisotopic (exact) mass is 471 g/mol. The van der Waals surface area contributed by atoms with Crippen LogP contribution in [0.3, 0.4) is 0 Å². The molecule has 0 amide bonds. The predicted molar refractivity (Wildman–Crippen MR) is 103 cm³/mol. The van der Waals surface area contributed by atoms with E-state index < -0.39 is 17.9 Å². The van der Waals surface area contributed by atoms with Crippen LogP contribution in [0.1, 0.15) is 0 Å². The summed E-state index contributed by atoms with van der Waals surface area (Å²) in [6.07, 6.45) is 2.76. The molecule has 15 heteroatoms. The quantitative estimate of drug-likeness (QED) is 0.121. The van der Waals surface area contributed by atoms with Gasteiger partial charge in [-0.15, -0.1) is 15.0 Å². The fraction of sp³-hybridized carbons (Fsp3) is 0.333. The number of aromatic nitrogens is 3. The van der Waals surface area contributed by atoms with E-state index in [2.05, 4.69) is 64.0 Å². The first kappa shape index (κ1) is 27.0. The van der Waals surface area contributed by atoms with E-state index in [0.717, 1.165) is 18.2 Å². The van der Waals surface area contributed by atoms with E-state index in [4.69, 9.17) is 14.2 Å². The first-order valence-corrected chi connectivity index (χ1v) is 9.00. The Morgan fingerprint density at radius 2 is 0.818 bits per heavy atom. The number of rotatable bonds is 18. The molecule has 0 aromatic carbocycles. The maximum absolute atomic E-state index is 10.9. The molecule has 1 heterocycles. The van der Waals surface area contributed by atoms with E-state index >= 15 is 0 Å². The van der Waals surface area contributed by atoms with Gasteiger partial charge in [-0.1, -0.05) is 19.7 Å². The molecule has 0 N–H and O–H groups in total. The highest BCUT2D eigenvalue weighted by atomic mass is 17.2. The molecule has 0 aliphatic carbocycles. The lowest BCUT2D eigenvalue weighted by molar-refractivity contribution is -0.269. The van der Waals surface area contributed by atoms with Gasteiger partial charge in [-0.05, 0) is 0 Å². The summed E-state index contributed by atoms with van der Waals surface area (Å²) < 4.78 is 15.8. The Morgan fingerprint density at radius 1 is 0.545 bits per heavy atom. The summed E-state index contributed by atoms with van der Waals surface area (Å²) in [6.45, 7) is 8.83. The second-order valence-electron chi connectivity index (χ2n) is 5.01. The minimum Gasteiger partial charge on any atom is -0.461 e. The number of carbonyl (C=O) groups is 3. The van der Waals surface area contributed by atoms with Crippen molar-refractivity contribution in [1.82, 2.24) is 15.0 Å². The first-order chi connectivity index (χ1) is 16.0. The zero-order valence-corrected chi connectivity index (χ0v) is 17.3. The molecule has 1 aromatic rings. The lowest BCUT2D eigenvalue weighted by atomic mass is 10.7. The summed E-state index contributed by atoms with van der Waals surface area (Å²) in [4.78, 5) is 71.1. The summed E-state index contributed by atoms with van der Waals surface area (Å²) in [5, 5.41) is 0. The highest BCUT2D eigenvalue weighted by Crippen LogP contribution is 2.14. The highest BCUT2D eigenvalue weighted by Gasteiger charge is 2.11. The molecule has 0 radical (unpaired) electrons. The molecule has 0 unspecified atom stereocenters. The van der Waals surface area contributed by atoms with Gasteiger partial charge in [0.25, 0.3) is 0 Å². The van der Waals surface area contributed by atoms with Gasteiger partial charge in [-0.2, -0.15) is 14.7 Å². The van der Waals surface area contributed by atoms with Gasteiger partial charge in [0.15, 0.2) is 0 Å². The normalized spacial score (nSPS) is 9.82. The van der Waals surface area contributed by atoms with Crippen LogP contribution in [0.25, 0.3) is 0 Å². The summed E-state index contributed by atoms with van der Waals surface area (Å²) >= 11 is 0. The summed E-state index contributed by atoms with van der Waals surface area (Å²) in [5.41, 5.74) is 0. The van der Waals surface area contributed by atoms with E-state index in [1.165, 1.54) is 0 Å². The molecular weight excluding hydrogens is 450 g/mol. The van der Waals surface area contributed by atoms with Crippen LogP contribution >= 0.6 is 0 Å². The second kappa shape index (κ2) is 16.6. The van der Waals surface area contributed by atoms with E-state index in [0.29, 0.717) is 0 Å². The lowest BCUT2D eigenvalue weighted by Crippen LogP contribution is -2.15. The largest absolute Gasteiger partial charge is 0.461 e. The van der Waals surface area contributed by atoms with Crippen LogP contribution in [0.2, 0.25) is 0 Å². The Kier molecular flexibility index (Phi) is 13.6. The number of carbonyl (C=O) groups excluding carboxylic acids is 3. The van der Waals surface area contributed by atoms with Gasteiger partial charge in [-0.25, -0.2) is 14.4 Å². The summed E-state index contributed by atoms with van der Waals surface area (Å²) in [7, 11) is 0. The molecule has 33 heavy (non-hydrogen) atoms. The third kappa shape index (κ3) is 13.0. The Balaban J connectivity index is 2.58. The van der Waals surface area contributed by atoms with Crippen LogP contribution in [0.4, 0.5) is 0 Å². The summed E-state index contributed by atoms with van der Waals surface area (Å²) in [6, 6.07) is -0.648. The van der Waals surface area contributed by atoms with Gasteiger partial charge in [0, 0.05) is 18.2 Å². The van der Waals surface area contributed by atoms with E-state index in [9.17, 15) is 14.4 Å². The van der Waals surface area contributed by atoms with Crippen LogP contribution in [0.15, 0.2) is 38.0 Å². The van der Waals surface area contributed by atoms with Crippen LogP contribution in [0, 0.1) is 0 Å². The Labute approximate surface area is 187 Å². The van der Waals surface area contributed by atoms with Crippen molar-refractivity contribution < 1.29 is 57.9 Å². The molecule has 0 saturated heterocycles. The molecule has 0 fully saturated rings. The van der Waals surface area contributed by atoms with Crippen molar-refractivity contribution in [2.45, 2.75) is 0 Å². The van der Waals surface area contributed by atoms with Crippen molar-refractivity contribution in [3.63, 3.8) is 0 Å².